The van der Waals surface area contributed by atoms with E-state index in [1.807, 2.05) is 13.8 Å². The van der Waals surface area contributed by atoms with Crippen molar-refractivity contribution in [2.45, 2.75) is 46.5 Å². The predicted molar refractivity (Wildman–Crippen MR) is 69.1 cm³/mol. The lowest BCUT2D eigenvalue weighted by atomic mass is 10.4. The number of unbranched alkanes of at least 4 members (excludes halogenated alkanes) is 2. The lowest BCUT2D eigenvalue weighted by Crippen LogP contribution is -2.08. The van der Waals surface area contributed by atoms with Crippen LogP contribution in [0.3, 0.4) is 0 Å². The van der Waals surface area contributed by atoms with Crippen molar-refractivity contribution < 1.29 is 18.4 Å². The number of rotatable bonds is 9. The molecule has 0 spiro atoms. The van der Waals surface area contributed by atoms with E-state index in [0.717, 1.165) is 19.3 Å². The fourth-order valence-electron chi connectivity index (χ4n) is 1.04. The molecule has 1 atom stereocenters. The maximum atomic E-state index is 12.3. The molecule has 0 bridgehead atoms. The molecule has 0 aliphatic rings. The third kappa shape index (κ3) is 7.35. The Balaban J connectivity index is 4.43. The average Bonchev–Trinajstić information content (AvgIpc) is 2.26. The van der Waals surface area contributed by atoms with E-state index in [2.05, 4.69) is 6.58 Å². The fourth-order valence-corrected chi connectivity index (χ4v) is 2.83. The van der Waals surface area contributed by atoms with Gasteiger partial charge in [0.05, 0.1) is 12.8 Å². The van der Waals surface area contributed by atoms with Gasteiger partial charge < -0.3 is 4.52 Å². The van der Waals surface area contributed by atoms with Crippen molar-refractivity contribution >= 4 is 13.6 Å². The molecule has 0 saturated carbocycles. The van der Waals surface area contributed by atoms with Crippen LogP contribution in [0.4, 0.5) is 0 Å². The summed E-state index contributed by atoms with van der Waals surface area (Å²) < 4.78 is 22.5. The molecule has 0 aromatic rings. The van der Waals surface area contributed by atoms with Crippen LogP contribution in [0.5, 0.6) is 0 Å². The lowest BCUT2D eigenvalue weighted by molar-refractivity contribution is -0.130. The van der Waals surface area contributed by atoms with Crippen LogP contribution < -0.4 is 0 Å². The number of carbonyl (C=O) groups is 1. The van der Waals surface area contributed by atoms with Gasteiger partial charge in [0.1, 0.15) is 0 Å². The Hall–Kier alpha value is -0.600. The van der Waals surface area contributed by atoms with Gasteiger partial charge in [0, 0.05) is 5.57 Å². The molecule has 5 heteroatoms. The second kappa shape index (κ2) is 8.48. The molecule has 0 radical (unpaired) electrons. The Morgan fingerprint density at radius 3 is 2.29 bits per heavy atom. The monoisotopic (exact) mass is 262 g/mol. The molecule has 0 amide bonds. The summed E-state index contributed by atoms with van der Waals surface area (Å²) in [6.07, 6.45) is 3.63. The number of hydrogen-bond donors (Lipinski definition) is 0. The summed E-state index contributed by atoms with van der Waals surface area (Å²) >= 11 is 0. The highest BCUT2D eigenvalue weighted by Crippen LogP contribution is 2.49. The van der Waals surface area contributed by atoms with Gasteiger partial charge >= 0.3 is 13.6 Å². The summed E-state index contributed by atoms with van der Waals surface area (Å²) in [4.78, 5) is 11.4. The standard InChI is InChI=1S/C12H23O4P/c1-5-7-9-15-17(14,10-8-6-2)16-12(13)11(3)4/h3,5-10H2,1-2,4H3. The average molecular weight is 262 g/mol. The van der Waals surface area contributed by atoms with Gasteiger partial charge in [-0.3, -0.25) is 4.52 Å². The molecular weight excluding hydrogens is 239 g/mol. The van der Waals surface area contributed by atoms with Gasteiger partial charge in [-0.2, -0.15) is 0 Å². The van der Waals surface area contributed by atoms with Crippen molar-refractivity contribution in [2.24, 2.45) is 0 Å². The second-order valence-corrected chi connectivity index (χ2v) is 6.14. The summed E-state index contributed by atoms with van der Waals surface area (Å²) in [6.45, 7) is 9.35. The maximum Gasteiger partial charge on any atom is 0.381 e. The van der Waals surface area contributed by atoms with Crippen LogP contribution in [0, 0.1) is 0 Å². The topological polar surface area (TPSA) is 52.6 Å². The summed E-state index contributed by atoms with van der Waals surface area (Å²) in [5.41, 5.74) is 0.237. The van der Waals surface area contributed by atoms with Gasteiger partial charge in [0.25, 0.3) is 0 Å². The molecule has 0 rings (SSSR count). The number of hydrogen-bond acceptors (Lipinski definition) is 4. The Morgan fingerprint density at radius 2 is 1.82 bits per heavy atom. The van der Waals surface area contributed by atoms with Gasteiger partial charge in [-0.1, -0.05) is 33.3 Å². The van der Waals surface area contributed by atoms with Gasteiger partial charge in [-0.25, -0.2) is 9.36 Å². The molecule has 0 saturated heterocycles. The van der Waals surface area contributed by atoms with E-state index in [1.54, 1.807) is 0 Å². The Bertz CT molecular complexity index is 299. The molecule has 0 fully saturated rings. The van der Waals surface area contributed by atoms with E-state index in [4.69, 9.17) is 9.05 Å². The van der Waals surface area contributed by atoms with Crippen LogP contribution in [0.1, 0.15) is 46.5 Å². The summed E-state index contributed by atoms with van der Waals surface area (Å²) in [5.74, 6) is -0.638. The molecule has 0 aromatic heterocycles. The first kappa shape index (κ1) is 16.4. The molecule has 100 valence electrons. The molecular formula is C12H23O4P. The molecule has 0 heterocycles. The first-order valence-corrected chi connectivity index (χ1v) is 7.81. The van der Waals surface area contributed by atoms with E-state index in [-0.39, 0.29) is 11.7 Å². The Labute approximate surface area is 104 Å². The summed E-state index contributed by atoms with van der Waals surface area (Å²) in [7, 11) is -3.29. The minimum atomic E-state index is -3.29. The molecule has 0 aromatic carbocycles. The van der Waals surface area contributed by atoms with Gasteiger partial charge in [-0.05, 0) is 19.8 Å². The summed E-state index contributed by atoms with van der Waals surface area (Å²) in [6, 6.07) is 0. The van der Waals surface area contributed by atoms with E-state index in [9.17, 15) is 9.36 Å². The van der Waals surface area contributed by atoms with Gasteiger partial charge in [-0.15, -0.1) is 0 Å². The van der Waals surface area contributed by atoms with E-state index in [1.165, 1.54) is 6.92 Å². The largest absolute Gasteiger partial charge is 0.388 e. The highest BCUT2D eigenvalue weighted by Gasteiger charge is 2.28. The highest BCUT2D eigenvalue weighted by molar-refractivity contribution is 7.54. The third-order valence-corrected chi connectivity index (χ3v) is 4.03. The number of carbonyl (C=O) groups excluding carboxylic acids is 1. The first-order chi connectivity index (χ1) is 7.95. The van der Waals surface area contributed by atoms with Crippen LogP contribution >= 0.6 is 7.60 Å². The van der Waals surface area contributed by atoms with E-state index < -0.39 is 13.6 Å². The molecule has 0 aliphatic heterocycles. The minimum Gasteiger partial charge on any atom is -0.388 e. The van der Waals surface area contributed by atoms with Crippen LogP contribution in [-0.2, 0) is 18.4 Å². The third-order valence-electron chi connectivity index (χ3n) is 2.14. The molecule has 0 N–H and O–H groups in total. The Kier molecular flexibility index (Phi) is 8.19. The van der Waals surface area contributed by atoms with Crippen LogP contribution in [0.25, 0.3) is 0 Å². The molecule has 4 nitrogen and oxygen atoms in total. The van der Waals surface area contributed by atoms with Crippen LogP contribution in [0.15, 0.2) is 12.2 Å². The maximum absolute atomic E-state index is 12.3. The second-order valence-electron chi connectivity index (χ2n) is 4.03. The minimum absolute atomic E-state index is 0.237. The van der Waals surface area contributed by atoms with Crippen molar-refractivity contribution in [1.82, 2.24) is 0 Å². The zero-order chi connectivity index (χ0) is 13.3. The zero-order valence-electron chi connectivity index (χ0n) is 11.0. The van der Waals surface area contributed by atoms with E-state index in [0.29, 0.717) is 13.0 Å². The molecule has 17 heavy (non-hydrogen) atoms. The quantitative estimate of drug-likeness (QED) is 0.359. The zero-order valence-corrected chi connectivity index (χ0v) is 11.9. The normalized spacial score (nSPS) is 14.1. The van der Waals surface area contributed by atoms with Crippen molar-refractivity contribution in [2.75, 3.05) is 12.8 Å². The molecule has 1 unspecified atom stereocenters. The Morgan fingerprint density at radius 1 is 1.24 bits per heavy atom. The SMILES string of the molecule is C=C(C)C(=O)OP(=O)(CCCC)OCCCC. The van der Waals surface area contributed by atoms with Crippen LogP contribution in [0.2, 0.25) is 0 Å². The van der Waals surface area contributed by atoms with Crippen molar-refractivity contribution in [3.8, 4) is 0 Å². The predicted octanol–water partition coefficient (Wildman–Crippen LogP) is 3.92. The molecule has 0 aliphatic carbocycles. The smallest absolute Gasteiger partial charge is 0.381 e. The van der Waals surface area contributed by atoms with Crippen molar-refractivity contribution in [1.29, 1.82) is 0 Å². The van der Waals surface area contributed by atoms with E-state index >= 15 is 0 Å². The lowest BCUT2D eigenvalue weighted by Gasteiger charge is -2.17. The summed E-state index contributed by atoms with van der Waals surface area (Å²) in [5, 5.41) is 0. The first-order valence-electron chi connectivity index (χ1n) is 6.08. The van der Waals surface area contributed by atoms with Gasteiger partial charge in [0.15, 0.2) is 0 Å². The van der Waals surface area contributed by atoms with Crippen molar-refractivity contribution in [3.05, 3.63) is 12.2 Å². The van der Waals surface area contributed by atoms with Gasteiger partial charge in [0.2, 0.25) is 0 Å². The van der Waals surface area contributed by atoms with Crippen molar-refractivity contribution in [3.63, 3.8) is 0 Å². The van der Waals surface area contributed by atoms with Crippen LogP contribution in [-0.4, -0.2) is 18.7 Å². The fraction of sp³-hybridized carbons (Fsp3) is 0.750. The highest BCUT2D eigenvalue weighted by atomic mass is 31.2.